The lowest BCUT2D eigenvalue weighted by Gasteiger charge is -2.21. The number of imide groups is 1. The Kier molecular flexibility index (Phi) is 5.64. The lowest BCUT2D eigenvalue weighted by Crippen LogP contribution is -2.40. The van der Waals surface area contributed by atoms with Gasteiger partial charge in [0.05, 0.1) is 12.2 Å². The van der Waals surface area contributed by atoms with Crippen LogP contribution in [0.1, 0.15) is 18.2 Å². The Morgan fingerprint density at radius 2 is 1.97 bits per heavy atom. The molecule has 3 aromatic rings. The topological polar surface area (TPSA) is 80.1 Å². The van der Waals surface area contributed by atoms with Crippen LogP contribution in [0.15, 0.2) is 55.0 Å². The normalized spacial score (nSPS) is 18.5. The lowest BCUT2D eigenvalue weighted by molar-refractivity contribution is -0.131. The molecule has 1 aliphatic rings. The molecule has 0 bridgehead atoms. The SMILES string of the molecule is CC1(c2cccnc2)NC(=O)N(Cc2ccn(-c3ccc(F)cc3F)n2)C1=O.I. The molecule has 2 aromatic heterocycles. The first-order valence-corrected chi connectivity index (χ1v) is 8.43. The van der Waals surface area contributed by atoms with Gasteiger partial charge in [-0.05, 0) is 31.2 Å². The van der Waals surface area contributed by atoms with Crippen LogP contribution >= 0.6 is 24.0 Å². The quantitative estimate of drug-likeness (QED) is 0.432. The molecular weight excluding hydrogens is 495 g/mol. The van der Waals surface area contributed by atoms with Crippen molar-refractivity contribution < 1.29 is 18.4 Å². The number of hydrogen-bond donors (Lipinski definition) is 1. The van der Waals surface area contributed by atoms with Crippen molar-refractivity contribution in [3.05, 3.63) is 77.9 Å². The molecule has 0 saturated carbocycles. The van der Waals surface area contributed by atoms with E-state index in [4.69, 9.17) is 0 Å². The zero-order valence-electron chi connectivity index (χ0n) is 15.2. The van der Waals surface area contributed by atoms with Gasteiger partial charge in [0.2, 0.25) is 0 Å². The average molecular weight is 511 g/mol. The minimum Gasteiger partial charge on any atom is -0.319 e. The Bertz CT molecular complexity index is 1080. The van der Waals surface area contributed by atoms with Crippen LogP contribution in [0.4, 0.5) is 13.6 Å². The Morgan fingerprint density at radius 3 is 2.66 bits per heavy atom. The largest absolute Gasteiger partial charge is 0.325 e. The number of rotatable bonds is 4. The number of halogens is 3. The van der Waals surface area contributed by atoms with Gasteiger partial charge in [-0.25, -0.2) is 18.3 Å². The first kappa shape index (κ1) is 20.8. The Balaban J connectivity index is 0.00000240. The van der Waals surface area contributed by atoms with Crippen molar-refractivity contribution in [3.63, 3.8) is 0 Å². The summed E-state index contributed by atoms with van der Waals surface area (Å²) in [6.07, 6.45) is 4.57. The minimum absolute atomic E-state index is 0. The molecular formula is C19H16F2IN5O2. The Morgan fingerprint density at radius 1 is 1.17 bits per heavy atom. The van der Waals surface area contributed by atoms with Gasteiger partial charge in [-0.2, -0.15) is 5.10 Å². The summed E-state index contributed by atoms with van der Waals surface area (Å²) in [6.45, 7) is 1.52. The number of nitrogens with zero attached hydrogens (tertiary/aromatic N) is 4. The third-order valence-electron chi connectivity index (χ3n) is 4.63. The van der Waals surface area contributed by atoms with E-state index in [1.165, 1.54) is 23.1 Å². The first-order chi connectivity index (χ1) is 13.4. The monoisotopic (exact) mass is 511 g/mol. The molecule has 150 valence electrons. The number of hydrogen-bond acceptors (Lipinski definition) is 4. The summed E-state index contributed by atoms with van der Waals surface area (Å²) in [5.41, 5.74) is -0.223. The second kappa shape index (κ2) is 7.85. The summed E-state index contributed by atoms with van der Waals surface area (Å²) in [5, 5.41) is 6.87. The third kappa shape index (κ3) is 3.71. The van der Waals surface area contributed by atoms with Gasteiger partial charge in [-0.15, -0.1) is 24.0 Å². The fraction of sp³-hybridized carbons (Fsp3) is 0.158. The number of benzene rings is 1. The highest BCUT2D eigenvalue weighted by atomic mass is 127. The molecule has 7 nitrogen and oxygen atoms in total. The maximum atomic E-state index is 13.9. The van der Waals surface area contributed by atoms with E-state index in [9.17, 15) is 18.4 Å². The molecule has 29 heavy (non-hydrogen) atoms. The standard InChI is InChI=1S/C19H15F2N5O2.HI/c1-19(12-3-2-7-22-10-12)17(27)25(18(28)23-19)11-14-6-8-26(24-14)16-5-4-13(20)9-15(16)21;/h2-10H,11H2,1H3,(H,23,28);1H. The highest BCUT2D eigenvalue weighted by Crippen LogP contribution is 2.29. The van der Waals surface area contributed by atoms with Gasteiger partial charge in [0, 0.05) is 30.2 Å². The third-order valence-corrected chi connectivity index (χ3v) is 4.63. The van der Waals surface area contributed by atoms with Gasteiger partial charge in [0.15, 0.2) is 5.82 Å². The highest BCUT2D eigenvalue weighted by Gasteiger charge is 2.49. The Hall–Kier alpha value is -2.89. The van der Waals surface area contributed by atoms with E-state index >= 15 is 0 Å². The molecule has 3 amide bonds. The van der Waals surface area contributed by atoms with Crippen molar-refractivity contribution in [1.82, 2.24) is 25.0 Å². The summed E-state index contributed by atoms with van der Waals surface area (Å²) in [5.74, 6) is -1.90. The number of nitrogens with one attached hydrogen (secondary N) is 1. The molecule has 10 heteroatoms. The van der Waals surface area contributed by atoms with Crippen LogP contribution in [0.3, 0.4) is 0 Å². The Labute approximate surface area is 181 Å². The van der Waals surface area contributed by atoms with Crippen molar-refractivity contribution in [2.45, 2.75) is 19.0 Å². The molecule has 1 aliphatic heterocycles. The lowest BCUT2D eigenvalue weighted by atomic mass is 9.93. The smallest absolute Gasteiger partial charge is 0.319 e. The zero-order valence-corrected chi connectivity index (χ0v) is 17.5. The maximum absolute atomic E-state index is 13.9. The first-order valence-electron chi connectivity index (χ1n) is 8.43. The number of carbonyl (C=O) groups is 2. The average Bonchev–Trinajstić information content (AvgIpc) is 3.22. The van der Waals surface area contributed by atoms with E-state index in [1.54, 1.807) is 31.3 Å². The minimum atomic E-state index is -1.23. The second-order valence-electron chi connectivity index (χ2n) is 6.54. The molecule has 1 aromatic carbocycles. The molecule has 0 radical (unpaired) electrons. The van der Waals surface area contributed by atoms with Crippen LogP contribution in [0, 0.1) is 11.6 Å². The van der Waals surface area contributed by atoms with Gasteiger partial charge < -0.3 is 5.32 Å². The summed E-state index contributed by atoms with van der Waals surface area (Å²) < 4.78 is 28.2. The van der Waals surface area contributed by atoms with E-state index in [-0.39, 0.29) is 36.2 Å². The van der Waals surface area contributed by atoms with Crippen molar-refractivity contribution in [1.29, 1.82) is 0 Å². The predicted molar refractivity (Wildman–Crippen MR) is 110 cm³/mol. The molecule has 1 saturated heterocycles. The van der Waals surface area contributed by atoms with Crippen molar-refractivity contribution in [3.8, 4) is 5.69 Å². The summed E-state index contributed by atoms with van der Waals surface area (Å²) >= 11 is 0. The molecule has 1 fully saturated rings. The molecule has 1 atom stereocenters. The van der Waals surface area contributed by atoms with Gasteiger partial charge in [-0.3, -0.25) is 14.7 Å². The molecule has 0 aliphatic carbocycles. The van der Waals surface area contributed by atoms with E-state index in [0.717, 1.165) is 17.0 Å². The second-order valence-corrected chi connectivity index (χ2v) is 6.54. The predicted octanol–water partition coefficient (Wildman–Crippen LogP) is 3.13. The van der Waals surface area contributed by atoms with Crippen molar-refractivity contribution in [2.24, 2.45) is 0 Å². The summed E-state index contributed by atoms with van der Waals surface area (Å²) in [6, 6.07) is 7.53. The maximum Gasteiger partial charge on any atom is 0.325 e. The number of carbonyl (C=O) groups excluding carboxylic acids is 2. The van der Waals surface area contributed by atoms with Crippen LogP contribution in [-0.4, -0.2) is 31.6 Å². The zero-order chi connectivity index (χ0) is 19.9. The molecule has 3 heterocycles. The molecule has 0 spiro atoms. The number of urea groups is 1. The van der Waals surface area contributed by atoms with E-state index in [1.807, 2.05) is 0 Å². The van der Waals surface area contributed by atoms with E-state index in [2.05, 4.69) is 15.4 Å². The van der Waals surface area contributed by atoms with Crippen LogP contribution < -0.4 is 5.32 Å². The van der Waals surface area contributed by atoms with Crippen molar-refractivity contribution in [2.75, 3.05) is 0 Å². The fourth-order valence-electron chi connectivity index (χ4n) is 3.10. The van der Waals surface area contributed by atoms with Crippen LogP contribution in [0.5, 0.6) is 0 Å². The number of aromatic nitrogens is 3. The van der Waals surface area contributed by atoms with Crippen LogP contribution in [0.2, 0.25) is 0 Å². The number of amides is 3. The molecule has 4 rings (SSSR count). The van der Waals surface area contributed by atoms with Gasteiger partial charge in [-0.1, -0.05) is 6.07 Å². The van der Waals surface area contributed by atoms with Crippen molar-refractivity contribution >= 4 is 35.9 Å². The van der Waals surface area contributed by atoms with Gasteiger partial charge in [0.25, 0.3) is 5.91 Å². The molecule has 1 unspecified atom stereocenters. The van der Waals surface area contributed by atoms with E-state index < -0.39 is 29.1 Å². The van der Waals surface area contributed by atoms with Crippen LogP contribution in [-0.2, 0) is 16.9 Å². The summed E-state index contributed by atoms with van der Waals surface area (Å²) in [7, 11) is 0. The highest BCUT2D eigenvalue weighted by molar-refractivity contribution is 14.0. The number of pyridine rings is 1. The van der Waals surface area contributed by atoms with Gasteiger partial charge >= 0.3 is 6.03 Å². The van der Waals surface area contributed by atoms with Crippen LogP contribution in [0.25, 0.3) is 5.69 Å². The van der Waals surface area contributed by atoms with Gasteiger partial charge in [0.1, 0.15) is 17.0 Å². The summed E-state index contributed by atoms with van der Waals surface area (Å²) in [4.78, 5) is 30.3. The van der Waals surface area contributed by atoms with E-state index in [0.29, 0.717) is 11.3 Å². The molecule has 1 N–H and O–H groups in total. The fourth-order valence-corrected chi connectivity index (χ4v) is 3.10.